The Morgan fingerprint density at radius 2 is 1.24 bits per heavy atom. The lowest BCUT2D eigenvalue weighted by molar-refractivity contribution is 0.228. The topological polar surface area (TPSA) is 35.5 Å². The molecule has 0 radical (unpaired) electrons. The molecule has 3 atom stereocenters. The molecule has 0 saturated heterocycles. The van der Waals surface area contributed by atoms with Crippen molar-refractivity contribution in [3.8, 4) is 16.9 Å². The van der Waals surface area contributed by atoms with Crippen LogP contribution < -0.4 is 15.0 Å². The summed E-state index contributed by atoms with van der Waals surface area (Å²) in [6.07, 6.45) is 7.11. The molecule has 1 aliphatic heterocycles. The summed E-state index contributed by atoms with van der Waals surface area (Å²) < 4.78 is 27.9. The Morgan fingerprint density at radius 3 is 1.86 bits per heavy atom. The van der Waals surface area contributed by atoms with Gasteiger partial charge in [-0.2, -0.15) is 0 Å². The van der Waals surface area contributed by atoms with Crippen LogP contribution in [-0.4, -0.2) is 6.10 Å². The summed E-state index contributed by atoms with van der Waals surface area (Å²) in [4.78, 5) is 0. The minimum Gasteiger partial charge on any atom is -0.412 e. The number of hydrogen-bond acceptors (Lipinski definition) is 3. The Bertz CT molecular complexity index is 2220. The first kappa shape index (κ1) is 33.9. The Kier molecular flexibility index (Phi) is 9.39. The van der Waals surface area contributed by atoms with E-state index < -0.39 is 13.1 Å². The molecule has 1 heterocycles. The van der Waals surface area contributed by atoms with Gasteiger partial charge in [0.1, 0.15) is 11.9 Å². The van der Waals surface area contributed by atoms with Gasteiger partial charge < -0.3 is 4.52 Å². The first-order valence-corrected chi connectivity index (χ1v) is 20.5. The van der Waals surface area contributed by atoms with E-state index in [0.717, 1.165) is 82.0 Å². The van der Waals surface area contributed by atoms with Crippen LogP contribution in [0.4, 0.5) is 0 Å². The summed E-state index contributed by atoms with van der Waals surface area (Å²) in [6, 6.07) is 28.5. The molecule has 0 amide bonds. The fourth-order valence-electron chi connectivity index (χ4n) is 8.29. The number of hydrogen-bond donors (Lipinski definition) is 0. The SMILES string of the molecule is CCc1cc(CC)c(-c2cc3ccccc3c3c2OP(=O)(Cl)OC2C3=c3ccccc3=C[C@@H]2c2c(CC)cc(CC)cc2CC)c(CC)c1. The lowest BCUT2D eigenvalue weighted by atomic mass is 9.75. The van der Waals surface area contributed by atoms with Crippen molar-refractivity contribution in [1.29, 1.82) is 0 Å². The maximum atomic E-state index is 14.6. The minimum absolute atomic E-state index is 0.217. The highest BCUT2D eigenvalue weighted by Gasteiger charge is 2.44. The molecule has 0 spiro atoms. The third-order valence-electron chi connectivity index (χ3n) is 10.6. The van der Waals surface area contributed by atoms with Gasteiger partial charge in [-0.25, -0.2) is 4.57 Å². The monoisotopic (exact) mass is 688 g/mol. The Balaban J connectivity index is 1.64. The van der Waals surface area contributed by atoms with Crippen LogP contribution in [0, 0.1) is 0 Å². The lowest BCUT2D eigenvalue weighted by Crippen LogP contribution is -2.39. The molecule has 2 aliphatic rings. The van der Waals surface area contributed by atoms with Crippen molar-refractivity contribution in [2.75, 3.05) is 0 Å². The predicted molar refractivity (Wildman–Crippen MR) is 206 cm³/mol. The van der Waals surface area contributed by atoms with Crippen LogP contribution >= 0.6 is 18.2 Å². The van der Waals surface area contributed by atoms with Crippen molar-refractivity contribution in [1.82, 2.24) is 0 Å². The predicted octanol–water partition coefficient (Wildman–Crippen LogP) is 10.8. The molecule has 0 bridgehead atoms. The normalized spacial score (nSPS) is 19.8. The molecule has 252 valence electrons. The van der Waals surface area contributed by atoms with Crippen molar-refractivity contribution in [3.05, 3.63) is 134 Å². The minimum atomic E-state index is -4.14. The molecule has 3 nitrogen and oxygen atoms in total. The molecule has 0 saturated carbocycles. The number of benzene rings is 5. The second-order valence-electron chi connectivity index (χ2n) is 13.3. The summed E-state index contributed by atoms with van der Waals surface area (Å²) in [5, 5.41) is 4.32. The van der Waals surface area contributed by atoms with Crippen molar-refractivity contribution in [2.45, 2.75) is 92.1 Å². The zero-order valence-electron chi connectivity index (χ0n) is 29.5. The standard InChI is InChI=1S/C44H46ClO3P/c1-7-27-21-29(9-3)39(30(10-4)22-27)37-25-33-17-13-15-19-35(33)41-42-36-20-16-14-18-34(36)26-38(44(42)48-49(45,46)47-43(37)41)40-31(11-5)23-28(8-2)24-32(40)12-6/h13-26,37,43H,7-12H2,1-6H3/t37-,43?,49?/m1/s1. The zero-order valence-corrected chi connectivity index (χ0v) is 31.2. The van der Waals surface area contributed by atoms with Gasteiger partial charge in [0, 0.05) is 33.9 Å². The van der Waals surface area contributed by atoms with Crippen LogP contribution in [-0.2, 0) is 47.6 Å². The molecule has 5 aromatic carbocycles. The van der Waals surface area contributed by atoms with E-state index in [1.54, 1.807) is 0 Å². The maximum absolute atomic E-state index is 14.6. The Morgan fingerprint density at radius 1 is 0.673 bits per heavy atom. The molecule has 0 aromatic heterocycles. The van der Waals surface area contributed by atoms with E-state index in [-0.39, 0.29) is 5.92 Å². The largest absolute Gasteiger partial charge is 0.477 e. The molecule has 0 fully saturated rings. The maximum Gasteiger partial charge on any atom is 0.477 e. The van der Waals surface area contributed by atoms with Crippen LogP contribution in [0.1, 0.15) is 92.0 Å². The Hall–Kier alpha value is -3.62. The summed E-state index contributed by atoms with van der Waals surface area (Å²) in [5.41, 5.74) is 13.0. The first-order chi connectivity index (χ1) is 23.7. The smallest absolute Gasteiger partial charge is 0.412 e. The summed E-state index contributed by atoms with van der Waals surface area (Å²) in [7, 11) is 0. The fourth-order valence-corrected chi connectivity index (χ4v) is 9.71. The van der Waals surface area contributed by atoms with Gasteiger partial charge in [-0.1, -0.05) is 120 Å². The van der Waals surface area contributed by atoms with Gasteiger partial charge in [-0.05, 0) is 110 Å². The zero-order chi connectivity index (χ0) is 34.4. The highest BCUT2D eigenvalue weighted by Crippen LogP contribution is 2.63. The van der Waals surface area contributed by atoms with Crippen molar-refractivity contribution < 1.29 is 13.6 Å². The van der Waals surface area contributed by atoms with Gasteiger partial charge in [0.25, 0.3) is 0 Å². The van der Waals surface area contributed by atoms with E-state index >= 15 is 0 Å². The summed E-state index contributed by atoms with van der Waals surface area (Å²) in [6.45, 7) is 9.12. The van der Waals surface area contributed by atoms with Crippen LogP contribution in [0.3, 0.4) is 0 Å². The molecule has 2 unspecified atom stereocenters. The van der Waals surface area contributed by atoms with Crippen molar-refractivity contribution in [2.24, 2.45) is 0 Å². The van der Waals surface area contributed by atoms with E-state index in [0.29, 0.717) is 5.75 Å². The van der Waals surface area contributed by atoms with E-state index in [1.165, 1.54) is 38.9 Å². The molecular formula is C44H46ClO3P. The third-order valence-corrected chi connectivity index (χ3v) is 12.0. The van der Waals surface area contributed by atoms with Gasteiger partial charge in [0.15, 0.2) is 0 Å². The lowest BCUT2D eigenvalue weighted by Gasteiger charge is -2.32. The van der Waals surface area contributed by atoms with Crippen LogP contribution in [0.5, 0.6) is 5.75 Å². The molecular weight excluding hydrogens is 643 g/mol. The second kappa shape index (κ2) is 13.6. The second-order valence-corrected chi connectivity index (χ2v) is 15.8. The highest BCUT2D eigenvalue weighted by molar-refractivity contribution is 7.81. The van der Waals surface area contributed by atoms with Crippen molar-refractivity contribution >= 4 is 40.6 Å². The summed E-state index contributed by atoms with van der Waals surface area (Å²) >= 11 is 6.99. The average Bonchev–Trinajstić information content (AvgIpc) is 3.26. The van der Waals surface area contributed by atoms with Gasteiger partial charge in [0.2, 0.25) is 0 Å². The average molecular weight is 689 g/mol. The third kappa shape index (κ3) is 5.89. The highest BCUT2D eigenvalue weighted by atomic mass is 35.7. The molecule has 7 rings (SSSR count). The van der Waals surface area contributed by atoms with Crippen molar-refractivity contribution in [3.63, 3.8) is 0 Å². The quantitative estimate of drug-likeness (QED) is 0.152. The van der Waals surface area contributed by atoms with Crippen LogP contribution in [0.25, 0.3) is 33.5 Å². The molecule has 1 aliphatic carbocycles. The fraction of sp³-hybridized carbons (Fsp3) is 0.318. The number of rotatable bonds is 8. The molecule has 49 heavy (non-hydrogen) atoms. The molecule has 5 heteroatoms. The van der Waals surface area contributed by atoms with Gasteiger partial charge in [0.05, 0.1) is 0 Å². The Labute approximate surface area is 296 Å². The molecule has 5 aromatic rings. The first-order valence-electron chi connectivity index (χ1n) is 18.1. The van der Waals surface area contributed by atoms with Gasteiger partial charge in [-0.15, -0.1) is 0 Å². The van der Waals surface area contributed by atoms with E-state index in [2.05, 4.69) is 126 Å². The van der Waals surface area contributed by atoms with Crippen LogP contribution in [0.15, 0.2) is 78.9 Å². The number of fused-ring (bicyclic) bond motifs is 6. The van der Waals surface area contributed by atoms with Crippen LogP contribution in [0.2, 0.25) is 0 Å². The van der Waals surface area contributed by atoms with E-state index in [1.807, 2.05) is 0 Å². The number of halogens is 1. The van der Waals surface area contributed by atoms with Gasteiger partial charge >= 0.3 is 6.95 Å². The van der Waals surface area contributed by atoms with E-state index in [9.17, 15) is 4.57 Å². The van der Waals surface area contributed by atoms with E-state index in [4.69, 9.17) is 20.3 Å². The summed E-state index contributed by atoms with van der Waals surface area (Å²) in [5.74, 6) is 0.331. The molecule has 0 N–H and O–H groups in total. The van der Waals surface area contributed by atoms with Gasteiger partial charge in [-0.3, -0.25) is 4.52 Å². The number of aryl methyl sites for hydroxylation is 6.